The van der Waals surface area contributed by atoms with Gasteiger partial charge in [-0.1, -0.05) is 23.2 Å². The van der Waals surface area contributed by atoms with E-state index in [1.54, 1.807) is 27.7 Å². The van der Waals surface area contributed by atoms with Crippen molar-refractivity contribution in [3.05, 3.63) is 39.2 Å². The number of nitriles is 1. The van der Waals surface area contributed by atoms with Gasteiger partial charge in [0.25, 0.3) is 0 Å². The van der Waals surface area contributed by atoms with E-state index in [1.807, 2.05) is 6.07 Å². The fourth-order valence-electron chi connectivity index (χ4n) is 2.84. The number of nitrogens with two attached hydrogens (primary N) is 1. The van der Waals surface area contributed by atoms with Crippen LogP contribution in [-0.4, -0.2) is 24.1 Å². The summed E-state index contributed by atoms with van der Waals surface area (Å²) in [6.07, 6.45) is -0.980. The van der Waals surface area contributed by atoms with Crippen LogP contribution in [0.5, 0.6) is 5.75 Å². The molecule has 150 valence electrons. The zero-order chi connectivity index (χ0) is 21.2. The molecule has 0 saturated heterocycles. The van der Waals surface area contributed by atoms with Crippen LogP contribution in [0.3, 0.4) is 0 Å². The molecule has 2 N–H and O–H groups in total. The van der Waals surface area contributed by atoms with E-state index in [4.69, 9.17) is 43.1 Å². The van der Waals surface area contributed by atoms with Gasteiger partial charge in [-0.3, -0.25) is 9.59 Å². The van der Waals surface area contributed by atoms with Gasteiger partial charge < -0.3 is 19.9 Å². The van der Waals surface area contributed by atoms with Crippen molar-refractivity contribution in [3.63, 3.8) is 0 Å². The Bertz CT molecular complexity index is 852. The van der Waals surface area contributed by atoms with Crippen LogP contribution in [0.15, 0.2) is 23.6 Å². The Hall–Kier alpha value is -2.43. The maximum Gasteiger partial charge on any atom is 0.321 e. The van der Waals surface area contributed by atoms with Crippen LogP contribution in [0, 0.1) is 17.2 Å². The molecule has 0 bridgehead atoms. The number of carbonyl (C=O) groups excluding carboxylic acids is 2. The normalized spacial score (nSPS) is 15.9. The van der Waals surface area contributed by atoms with Crippen LogP contribution in [0.25, 0.3) is 0 Å². The van der Waals surface area contributed by atoms with Crippen molar-refractivity contribution in [3.8, 4) is 11.8 Å². The zero-order valence-corrected chi connectivity index (χ0v) is 17.3. The average Bonchev–Trinajstić information content (AvgIpc) is 2.54. The molecule has 1 heterocycles. The third kappa shape index (κ3) is 4.51. The van der Waals surface area contributed by atoms with Gasteiger partial charge in [0.05, 0.1) is 28.7 Å². The molecule has 2 rings (SSSR count). The number of fused-ring (bicyclic) bond motifs is 1. The van der Waals surface area contributed by atoms with Gasteiger partial charge >= 0.3 is 11.9 Å². The number of hydrogen-bond donors (Lipinski definition) is 1. The van der Waals surface area contributed by atoms with Gasteiger partial charge in [-0.2, -0.15) is 5.26 Å². The average molecular weight is 427 g/mol. The number of carbonyl (C=O) groups is 2. The van der Waals surface area contributed by atoms with Crippen molar-refractivity contribution in [1.82, 2.24) is 0 Å². The fraction of sp³-hybridized carbons (Fsp3) is 0.421. The van der Waals surface area contributed by atoms with Crippen molar-refractivity contribution < 1.29 is 23.8 Å². The molecule has 1 aliphatic heterocycles. The first kappa shape index (κ1) is 21.9. The first-order valence-electron chi connectivity index (χ1n) is 8.54. The van der Waals surface area contributed by atoms with E-state index in [2.05, 4.69) is 0 Å². The Morgan fingerprint density at radius 1 is 1.14 bits per heavy atom. The number of allylic oxidation sites excluding steroid dienone is 1. The summed E-state index contributed by atoms with van der Waals surface area (Å²) in [5.74, 6) is -4.46. The molecule has 0 spiro atoms. The van der Waals surface area contributed by atoms with Crippen LogP contribution in [0.1, 0.15) is 39.2 Å². The molecule has 0 aromatic heterocycles. The van der Waals surface area contributed by atoms with Crippen molar-refractivity contribution >= 4 is 35.1 Å². The second-order valence-corrected chi connectivity index (χ2v) is 7.57. The van der Waals surface area contributed by atoms with E-state index in [9.17, 15) is 14.9 Å². The minimum absolute atomic E-state index is 0.114. The molecular formula is C19H20Cl2N2O5. The van der Waals surface area contributed by atoms with E-state index in [1.165, 1.54) is 12.1 Å². The van der Waals surface area contributed by atoms with Crippen LogP contribution >= 0.6 is 23.2 Å². The molecule has 9 heteroatoms. The first-order chi connectivity index (χ1) is 13.1. The lowest BCUT2D eigenvalue weighted by atomic mass is 9.79. The van der Waals surface area contributed by atoms with Crippen LogP contribution < -0.4 is 10.5 Å². The monoisotopic (exact) mass is 426 g/mol. The van der Waals surface area contributed by atoms with Gasteiger partial charge in [0.2, 0.25) is 5.88 Å². The quantitative estimate of drug-likeness (QED) is 0.564. The van der Waals surface area contributed by atoms with Crippen molar-refractivity contribution in [2.45, 2.75) is 45.8 Å². The maximum atomic E-state index is 12.8. The summed E-state index contributed by atoms with van der Waals surface area (Å²) in [4.78, 5) is 25.6. The van der Waals surface area contributed by atoms with Gasteiger partial charge in [0.15, 0.2) is 11.7 Å². The standard InChI is InChI=1S/C19H20Cl2N2O5/c1-8(2)26-18(24)15(19(25)27-9(3)4)14-11-5-10(20)6-13(21)16(11)28-17(23)12(14)7-22/h5-6,8-9,14-15H,23H2,1-4H3/t14-/m1/s1. The molecule has 28 heavy (non-hydrogen) atoms. The Labute approximate surface area is 172 Å². The summed E-state index contributed by atoms with van der Waals surface area (Å²) < 4.78 is 16.0. The highest BCUT2D eigenvalue weighted by molar-refractivity contribution is 6.35. The second kappa shape index (κ2) is 8.72. The summed E-state index contributed by atoms with van der Waals surface area (Å²) in [7, 11) is 0. The largest absolute Gasteiger partial charge is 0.462 e. The molecule has 0 saturated carbocycles. The summed E-state index contributed by atoms with van der Waals surface area (Å²) in [5, 5.41) is 10.00. The Balaban J connectivity index is 2.70. The Kier molecular flexibility index (Phi) is 6.81. The molecule has 0 unspecified atom stereocenters. The van der Waals surface area contributed by atoms with Crippen LogP contribution in [0.4, 0.5) is 0 Å². The first-order valence-corrected chi connectivity index (χ1v) is 9.29. The van der Waals surface area contributed by atoms with Gasteiger partial charge in [0.1, 0.15) is 6.07 Å². The zero-order valence-electron chi connectivity index (χ0n) is 15.8. The minimum Gasteiger partial charge on any atom is -0.462 e. The highest BCUT2D eigenvalue weighted by Crippen LogP contribution is 2.47. The second-order valence-electron chi connectivity index (χ2n) is 6.72. The number of esters is 2. The summed E-state index contributed by atoms with van der Waals surface area (Å²) >= 11 is 12.3. The van der Waals surface area contributed by atoms with E-state index >= 15 is 0 Å². The lowest BCUT2D eigenvalue weighted by Gasteiger charge is -2.31. The van der Waals surface area contributed by atoms with Crippen molar-refractivity contribution in [2.75, 3.05) is 0 Å². The smallest absolute Gasteiger partial charge is 0.321 e. The molecule has 0 fully saturated rings. The maximum absolute atomic E-state index is 12.8. The molecule has 1 aliphatic rings. The van der Waals surface area contributed by atoms with E-state index in [0.717, 1.165) is 0 Å². The molecule has 1 atom stereocenters. The van der Waals surface area contributed by atoms with E-state index in [0.29, 0.717) is 0 Å². The third-order valence-electron chi connectivity index (χ3n) is 3.83. The molecule has 7 nitrogen and oxygen atoms in total. The van der Waals surface area contributed by atoms with Gasteiger partial charge in [-0.15, -0.1) is 0 Å². The Morgan fingerprint density at radius 2 is 1.68 bits per heavy atom. The summed E-state index contributed by atoms with van der Waals surface area (Å²) in [5.41, 5.74) is 6.04. The lowest BCUT2D eigenvalue weighted by molar-refractivity contribution is -0.167. The van der Waals surface area contributed by atoms with Crippen molar-refractivity contribution in [2.24, 2.45) is 11.7 Å². The fourth-order valence-corrected chi connectivity index (χ4v) is 3.39. The van der Waals surface area contributed by atoms with E-state index < -0.39 is 36.0 Å². The van der Waals surface area contributed by atoms with Gasteiger partial charge in [-0.05, 0) is 39.8 Å². The number of benzene rings is 1. The predicted molar refractivity (Wildman–Crippen MR) is 103 cm³/mol. The van der Waals surface area contributed by atoms with Crippen molar-refractivity contribution in [1.29, 1.82) is 5.26 Å². The predicted octanol–water partition coefficient (Wildman–Crippen LogP) is 3.68. The van der Waals surface area contributed by atoms with Crippen LogP contribution in [0.2, 0.25) is 10.0 Å². The third-order valence-corrected chi connectivity index (χ3v) is 4.32. The number of hydrogen-bond acceptors (Lipinski definition) is 7. The van der Waals surface area contributed by atoms with E-state index in [-0.39, 0.29) is 32.8 Å². The molecule has 0 aliphatic carbocycles. The summed E-state index contributed by atoms with van der Waals surface area (Å²) in [6, 6.07) is 4.80. The van der Waals surface area contributed by atoms with Gasteiger partial charge in [0, 0.05) is 10.6 Å². The number of ether oxygens (including phenoxy) is 3. The number of nitrogens with zero attached hydrogens (tertiary/aromatic N) is 1. The van der Waals surface area contributed by atoms with Gasteiger partial charge in [-0.25, -0.2) is 0 Å². The lowest BCUT2D eigenvalue weighted by Crippen LogP contribution is -2.38. The minimum atomic E-state index is -1.49. The molecule has 0 amide bonds. The SMILES string of the molecule is CC(C)OC(=O)C(C(=O)OC(C)C)[C@H]1C(C#N)=C(N)Oc2c(Cl)cc(Cl)cc21. The molecule has 0 radical (unpaired) electrons. The van der Waals surface area contributed by atoms with Crippen LogP contribution in [-0.2, 0) is 19.1 Å². The molecule has 1 aromatic rings. The Morgan fingerprint density at radius 3 is 2.14 bits per heavy atom. The topological polar surface area (TPSA) is 112 Å². The highest BCUT2D eigenvalue weighted by atomic mass is 35.5. The highest BCUT2D eigenvalue weighted by Gasteiger charge is 2.46. The number of halogens is 2. The number of rotatable bonds is 5. The summed E-state index contributed by atoms with van der Waals surface area (Å²) in [6.45, 7) is 6.57. The molecular weight excluding hydrogens is 407 g/mol. The molecule has 1 aromatic carbocycles.